The Morgan fingerprint density at radius 1 is 1.59 bits per heavy atom. The Balaban J connectivity index is 2.05. The van der Waals surface area contributed by atoms with Crippen molar-refractivity contribution >= 4 is 5.91 Å². The van der Waals surface area contributed by atoms with Crippen LogP contribution in [-0.4, -0.2) is 29.5 Å². The fourth-order valence-electron chi connectivity index (χ4n) is 2.44. The topological polar surface area (TPSA) is 51.3 Å². The van der Waals surface area contributed by atoms with E-state index in [4.69, 9.17) is 5.73 Å². The number of aryl methyl sites for hydroxylation is 1. The highest BCUT2D eigenvalue weighted by molar-refractivity contribution is 5.75. The summed E-state index contributed by atoms with van der Waals surface area (Å²) < 4.78 is 2.19. The van der Waals surface area contributed by atoms with Crippen LogP contribution in [0.4, 0.5) is 0 Å². The maximum absolute atomic E-state index is 11.6. The molecule has 2 N–H and O–H groups in total. The molecule has 0 bridgehead atoms. The summed E-state index contributed by atoms with van der Waals surface area (Å²) in [7, 11) is 3.59. The van der Waals surface area contributed by atoms with E-state index in [1.54, 1.807) is 19.0 Å². The predicted octanol–water partition coefficient (Wildman–Crippen LogP) is 1.30. The smallest absolute Gasteiger partial charge is 0.223 e. The zero-order valence-electron chi connectivity index (χ0n) is 10.6. The number of carbonyl (C=O) groups excluding carboxylic acids is 1. The third kappa shape index (κ3) is 2.52. The quantitative estimate of drug-likeness (QED) is 0.858. The van der Waals surface area contributed by atoms with Crippen molar-refractivity contribution in [2.45, 2.75) is 38.3 Å². The van der Waals surface area contributed by atoms with E-state index in [1.165, 1.54) is 11.3 Å². The molecule has 0 aromatic carbocycles. The minimum absolute atomic E-state index is 0.174. The first-order chi connectivity index (χ1) is 8.09. The van der Waals surface area contributed by atoms with Crippen LogP contribution in [0.5, 0.6) is 0 Å². The highest BCUT2D eigenvalue weighted by Gasteiger charge is 2.20. The van der Waals surface area contributed by atoms with E-state index >= 15 is 0 Å². The standard InChI is InChI=1S/C13H21N3O/c1-15(2)13(17)7-9-16-8-6-10-11(14)4-3-5-12(10)16/h6,8,11H,3-5,7,9,14H2,1-2H3. The van der Waals surface area contributed by atoms with Gasteiger partial charge in [0.2, 0.25) is 5.91 Å². The molecule has 17 heavy (non-hydrogen) atoms. The molecule has 1 amide bonds. The average Bonchev–Trinajstić information content (AvgIpc) is 2.70. The summed E-state index contributed by atoms with van der Waals surface area (Å²) in [6.07, 6.45) is 5.95. The van der Waals surface area contributed by atoms with Crippen LogP contribution in [-0.2, 0) is 17.8 Å². The molecule has 1 aromatic rings. The molecule has 1 unspecified atom stereocenters. The zero-order chi connectivity index (χ0) is 12.4. The lowest BCUT2D eigenvalue weighted by atomic mass is 9.94. The second-order valence-electron chi connectivity index (χ2n) is 4.95. The normalized spacial score (nSPS) is 18.9. The van der Waals surface area contributed by atoms with Crippen LogP contribution in [0.1, 0.15) is 36.6 Å². The number of hydrogen-bond acceptors (Lipinski definition) is 2. The van der Waals surface area contributed by atoms with Crippen molar-refractivity contribution in [2.75, 3.05) is 14.1 Å². The van der Waals surface area contributed by atoms with Crippen molar-refractivity contribution in [1.29, 1.82) is 0 Å². The first kappa shape index (κ1) is 12.2. The van der Waals surface area contributed by atoms with Crippen LogP contribution in [0, 0.1) is 0 Å². The van der Waals surface area contributed by atoms with Gasteiger partial charge in [-0.2, -0.15) is 0 Å². The Bertz CT molecular complexity index is 409. The van der Waals surface area contributed by atoms with Gasteiger partial charge in [0.25, 0.3) is 0 Å². The molecule has 1 atom stereocenters. The highest BCUT2D eigenvalue weighted by atomic mass is 16.2. The molecule has 4 heteroatoms. The van der Waals surface area contributed by atoms with E-state index in [0.29, 0.717) is 6.42 Å². The third-order valence-electron chi connectivity index (χ3n) is 3.51. The molecule has 4 nitrogen and oxygen atoms in total. The maximum atomic E-state index is 11.6. The monoisotopic (exact) mass is 235 g/mol. The lowest BCUT2D eigenvalue weighted by Crippen LogP contribution is -2.23. The first-order valence-corrected chi connectivity index (χ1v) is 6.23. The molecule has 1 heterocycles. The van der Waals surface area contributed by atoms with Gasteiger partial charge in [0.15, 0.2) is 0 Å². The third-order valence-corrected chi connectivity index (χ3v) is 3.51. The molecule has 0 saturated carbocycles. The fraction of sp³-hybridized carbons (Fsp3) is 0.615. The maximum Gasteiger partial charge on any atom is 0.223 e. The summed E-state index contributed by atoms with van der Waals surface area (Å²) in [5.41, 5.74) is 8.68. The Kier molecular flexibility index (Phi) is 3.52. The minimum atomic E-state index is 0.174. The van der Waals surface area contributed by atoms with Crippen LogP contribution in [0.15, 0.2) is 12.3 Å². The molecule has 2 rings (SSSR count). The largest absolute Gasteiger partial charge is 0.351 e. The summed E-state index contributed by atoms with van der Waals surface area (Å²) in [6.45, 7) is 0.763. The number of nitrogens with two attached hydrogens (primary N) is 1. The van der Waals surface area contributed by atoms with Crippen molar-refractivity contribution in [1.82, 2.24) is 9.47 Å². The van der Waals surface area contributed by atoms with Gasteiger partial charge < -0.3 is 15.2 Å². The number of carbonyl (C=O) groups is 1. The van der Waals surface area contributed by atoms with E-state index in [-0.39, 0.29) is 11.9 Å². The van der Waals surface area contributed by atoms with Gasteiger partial charge >= 0.3 is 0 Å². The van der Waals surface area contributed by atoms with Crippen LogP contribution in [0.3, 0.4) is 0 Å². The van der Waals surface area contributed by atoms with Gasteiger partial charge in [-0.15, -0.1) is 0 Å². The van der Waals surface area contributed by atoms with Gasteiger partial charge in [-0.1, -0.05) is 0 Å². The highest BCUT2D eigenvalue weighted by Crippen LogP contribution is 2.28. The van der Waals surface area contributed by atoms with Crippen molar-refractivity contribution in [3.63, 3.8) is 0 Å². The summed E-state index contributed by atoms with van der Waals surface area (Å²) in [4.78, 5) is 13.2. The van der Waals surface area contributed by atoms with Crippen LogP contribution in [0.2, 0.25) is 0 Å². The summed E-state index contributed by atoms with van der Waals surface area (Å²) in [5.74, 6) is 0.174. The Labute approximate surface area is 102 Å². The van der Waals surface area contributed by atoms with E-state index in [1.807, 2.05) is 0 Å². The predicted molar refractivity (Wildman–Crippen MR) is 67.6 cm³/mol. The zero-order valence-corrected chi connectivity index (χ0v) is 10.6. The molecule has 94 valence electrons. The SMILES string of the molecule is CN(C)C(=O)CCn1ccc2c1CCCC2N. The van der Waals surface area contributed by atoms with E-state index in [9.17, 15) is 4.79 Å². The second kappa shape index (κ2) is 4.92. The van der Waals surface area contributed by atoms with Gasteiger partial charge in [-0.05, 0) is 30.9 Å². The molecule has 0 fully saturated rings. The Morgan fingerprint density at radius 3 is 3.06 bits per heavy atom. The molecular formula is C13H21N3O. The van der Waals surface area contributed by atoms with Crippen LogP contribution >= 0.6 is 0 Å². The summed E-state index contributed by atoms with van der Waals surface area (Å²) in [6, 6.07) is 2.30. The van der Waals surface area contributed by atoms with Gasteiger partial charge in [-0.3, -0.25) is 4.79 Å². The van der Waals surface area contributed by atoms with Crippen LogP contribution in [0.25, 0.3) is 0 Å². The summed E-state index contributed by atoms with van der Waals surface area (Å²) in [5, 5.41) is 0. The minimum Gasteiger partial charge on any atom is -0.351 e. The molecule has 0 aliphatic heterocycles. The van der Waals surface area contributed by atoms with Gasteiger partial charge in [0.1, 0.15) is 0 Å². The number of rotatable bonds is 3. The van der Waals surface area contributed by atoms with E-state index in [2.05, 4.69) is 16.8 Å². The molecule has 0 saturated heterocycles. The number of nitrogens with zero attached hydrogens (tertiary/aromatic N) is 2. The van der Waals surface area contributed by atoms with E-state index < -0.39 is 0 Å². The Morgan fingerprint density at radius 2 is 2.35 bits per heavy atom. The van der Waals surface area contributed by atoms with Gasteiger partial charge in [-0.25, -0.2) is 0 Å². The van der Waals surface area contributed by atoms with Crippen molar-refractivity contribution in [3.05, 3.63) is 23.5 Å². The average molecular weight is 235 g/mol. The first-order valence-electron chi connectivity index (χ1n) is 6.23. The summed E-state index contributed by atoms with van der Waals surface area (Å²) >= 11 is 0. The number of hydrogen-bond donors (Lipinski definition) is 1. The molecule has 1 aliphatic rings. The van der Waals surface area contributed by atoms with Gasteiger partial charge in [0.05, 0.1) is 0 Å². The van der Waals surface area contributed by atoms with Crippen LogP contribution < -0.4 is 5.73 Å². The van der Waals surface area contributed by atoms with E-state index in [0.717, 1.165) is 25.8 Å². The molecular weight excluding hydrogens is 214 g/mol. The molecule has 0 spiro atoms. The molecule has 0 radical (unpaired) electrons. The number of amides is 1. The van der Waals surface area contributed by atoms with Crippen molar-refractivity contribution < 1.29 is 4.79 Å². The number of aromatic nitrogens is 1. The fourth-order valence-corrected chi connectivity index (χ4v) is 2.44. The lowest BCUT2D eigenvalue weighted by Gasteiger charge is -2.21. The lowest BCUT2D eigenvalue weighted by molar-refractivity contribution is -0.128. The van der Waals surface area contributed by atoms with Crippen molar-refractivity contribution in [2.24, 2.45) is 5.73 Å². The Hall–Kier alpha value is -1.29. The van der Waals surface area contributed by atoms with Gasteiger partial charge in [0, 0.05) is 45.0 Å². The second-order valence-corrected chi connectivity index (χ2v) is 4.95. The number of fused-ring (bicyclic) bond motifs is 1. The molecule has 1 aromatic heterocycles. The van der Waals surface area contributed by atoms with Crippen molar-refractivity contribution in [3.8, 4) is 0 Å². The molecule has 1 aliphatic carbocycles.